The van der Waals surface area contributed by atoms with Crippen LogP contribution in [0.2, 0.25) is 0 Å². The van der Waals surface area contributed by atoms with Gasteiger partial charge in [0.15, 0.2) is 5.70 Å². The van der Waals surface area contributed by atoms with Crippen LogP contribution in [0.4, 0.5) is 0 Å². The number of nitrogens with zero attached hydrogens (tertiary/aromatic N) is 1. The number of rotatable bonds is 7. The second kappa shape index (κ2) is 7.91. The molecule has 2 rings (SSSR count). The van der Waals surface area contributed by atoms with Crippen LogP contribution >= 0.6 is 23.5 Å². The highest BCUT2D eigenvalue weighted by Gasteiger charge is 2.57. The van der Waals surface area contributed by atoms with Gasteiger partial charge in [-0.3, -0.25) is 9.69 Å². The van der Waals surface area contributed by atoms with Crippen LogP contribution in [0.1, 0.15) is 6.92 Å². The Morgan fingerprint density at radius 2 is 2.25 bits per heavy atom. The summed E-state index contributed by atoms with van der Waals surface area (Å²) in [5.74, 6) is -2.06. The van der Waals surface area contributed by atoms with E-state index in [4.69, 9.17) is 4.74 Å². The molecule has 1 saturated heterocycles. The minimum atomic E-state index is -0.813. The fourth-order valence-corrected chi connectivity index (χ4v) is 4.84. The lowest BCUT2D eigenvalue weighted by Crippen LogP contribution is -2.60. The first-order chi connectivity index (χ1) is 11.4. The van der Waals surface area contributed by atoms with Crippen LogP contribution in [-0.2, 0) is 23.9 Å². The van der Waals surface area contributed by atoms with E-state index in [0.29, 0.717) is 4.24 Å². The molecule has 24 heavy (non-hydrogen) atoms. The number of β-lactam (4-membered cyclic amide) rings is 1. The molecular weight excluding hydrogens is 354 g/mol. The molecule has 1 fully saturated rings. The fourth-order valence-electron chi connectivity index (χ4n) is 2.25. The number of ether oxygens (including phenoxy) is 2. The SMILES string of the molecule is C=CCOC(=O)C1=C(S/C=C/C(=O)OC)S[C@@H]2[C@@H]([C@@H](C)O)C(=O)N12. The first-order valence-corrected chi connectivity index (χ1v) is 8.79. The van der Waals surface area contributed by atoms with Gasteiger partial charge in [0, 0.05) is 6.08 Å². The number of methoxy groups -OCH3 is 1. The van der Waals surface area contributed by atoms with Crippen molar-refractivity contribution in [3.8, 4) is 0 Å². The van der Waals surface area contributed by atoms with Crippen molar-refractivity contribution < 1.29 is 29.0 Å². The zero-order valence-electron chi connectivity index (χ0n) is 13.1. The van der Waals surface area contributed by atoms with E-state index in [0.717, 1.165) is 11.8 Å². The van der Waals surface area contributed by atoms with Crippen molar-refractivity contribution in [2.24, 2.45) is 5.92 Å². The average Bonchev–Trinajstić information content (AvgIpc) is 2.86. The number of hydrogen-bond acceptors (Lipinski definition) is 8. The van der Waals surface area contributed by atoms with Crippen LogP contribution in [0, 0.1) is 5.92 Å². The number of carbonyl (C=O) groups is 3. The largest absolute Gasteiger partial charge is 0.466 e. The van der Waals surface area contributed by atoms with Gasteiger partial charge >= 0.3 is 11.9 Å². The van der Waals surface area contributed by atoms with Crippen molar-refractivity contribution in [3.05, 3.63) is 34.1 Å². The Labute approximate surface area is 147 Å². The summed E-state index contributed by atoms with van der Waals surface area (Å²) in [7, 11) is 1.26. The van der Waals surface area contributed by atoms with Crippen LogP contribution in [0.15, 0.2) is 34.1 Å². The molecule has 0 spiro atoms. The summed E-state index contributed by atoms with van der Waals surface area (Å²) < 4.78 is 10.1. The van der Waals surface area contributed by atoms with Gasteiger partial charge in [0.2, 0.25) is 5.91 Å². The molecule has 3 atom stereocenters. The number of hydrogen-bond donors (Lipinski definition) is 1. The fraction of sp³-hybridized carbons (Fsp3) is 0.400. The normalized spacial score (nSPS) is 23.8. The van der Waals surface area contributed by atoms with E-state index in [1.807, 2.05) is 0 Å². The summed E-state index contributed by atoms with van der Waals surface area (Å²) in [6.45, 7) is 5.04. The van der Waals surface area contributed by atoms with Gasteiger partial charge in [0.25, 0.3) is 0 Å². The highest BCUT2D eigenvalue weighted by Crippen LogP contribution is 2.54. The molecule has 0 radical (unpaired) electrons. The van der Waals surface area contributed by atoms with Crippen molar-refractivity contribution in [1.29, 1.82) is 0 Å². The number of carbonyl (C=O) groups excluding carboxylic acids is 3. The summed E-state index contributed by atoms with van der Waals surface area (Å²) in [6, 6.07) is 0. The van der Waals surface area contributed by atoms with Gasteiger partial charge in [0.05, 0.1) is 23.4 Å². The van der Waals surface area contributed by atoms with Crippen molar-refractivity contribution in [1.82, 2.24) is 4.90 Å². The molecule has 0 aromatic rings. The maximum absolute atomic E-state index is 12.3. The van der Waals surface area contributed by atoms with E-state index < -0.39 is 24.0 Å². The average molecular weight is 371 g/mol. The molecule has 2 heterocycles. The van der Waals surface area contributed by atoms with Crippen LogP contribution in [0.3, 0.4) is 0 Å². The minimum absolute atomic E-state index is 0.0233. The lowest BCUT2D eigenvalue weighted by atomic mass is 9.92. The Hall–Kier alpha value is -1.71. The molecule has 0 saturated carbocycles. The summed E-state index contributed by atoms with van der Waals surface area (Å²) >= 11 is 2.41. The van der Waals surface area contributed by atoms with Gasteiger partial charge in [-0.05, 0) is 12.3 Å². The molecule has 130 valence electrons. The van der Waals surface area contributed by atoms with Crippen molar-refractivity contribution in [2.75, 3.05) is 13.7 Å². The zero-order valence-corrected chi connectivity index (χ0v) is 14.8. The minimum Gasteiger partial charge on any atom is -0.466 e. The van der Waals surface area contributed by atoms with E-state index in [1.54, 1.807) is 6.92 Å². The topological polar surface area (TPSA) is 93.1 Å². The predicted molar refractivity (Wildman–Crippen MR) is 90.3 cm³/mol. The second-order valence-electron chi connectivity index (χ2n) is 4.95. The number of thioether (sulfide) groups is 2. The van der Waals surface area contributed by atoms with Crippen molar-refractivity contribution in [2.45, 2.75) is 18.4 Å². The first-order valence-electron chi connectivity index (χ1n) is 7.03. The van der Waals surface area contributed by atoms with Crippen LogP contribution in [-0.4, -0.2) is 53.0 Å². The third-order valence-corrected chi connectivity index (χ3v) is 5.78. The molecular formula is C15H17NO6S2. The molecule has 0 unspecified atom stereocenters. The van der Waals surface area contributed by atoms with Crippen LogP contribution in [0.5, 0.6) is 0 Å². The number of aliphatic hydroxyl groups excluding tert-OH is 1. The molecule has 0 aromatic heterocycles. The van der Waals surface area contributed by atoms with Crippen molar-refractivity contribution >= 4 is 41.4 Å². The molecule has 0 aliphatic carbocycles. The lowest BCUT2D eigenvalue weighted by molar-refractivity contribution is -0.157. The molecule has 2 aliphatic rings. The molecule has 0 bridgehead atoms. The zero-order chi connectivity index (χ0) is 17.9. The Morgan fingerprint density at radius 1 is 1.54 bits per heavy atom. The van der Waals surface area contributed by atoms with E-state index in [2.05, 4.69) is 11.3 Å². The third-order valence-electron chi connectivity index (χ3n) is 3.37. The molecule has 0 aromatic carbocycles. The summed E-state index contributed by atoms with van der Waals surface area (Å²) in [4.78, 5) is 37.0. The maximum Gasteiger partial charge on any atom is 0.357 e. The van der Waals surface area contributed by atoms with Crippen molar-refractivity contribution in [3.63, 3.8) is 0 Å². The summed E-state index contributed by atoms with van der Waals surface area (Å²) in [5, 5.41) is 10.9. The van der Waals surface area contributed by atoms with Gasteiger partial charge in [-0.25, -0.2) is 9.59 Å². The van der Waals surface area contributed by atoms with Gasteiger partial charge in [0.1, 0.15) is 12.0 Å². The quantitative estimate of drug-likeness (QED) is 0.309. The van der Waals surface area contributed by atoms with Gasteiger partial charge in [-0.1, -0.05) is 36.2 Å². The molecule has 1 amide bonds. The smallest absolute Gasteiger partial charge is 0.357 e. The Bertz CT molecular complexity index is 627. The van der Waals surface area contributed by atoms with Gasteiger partial charge < -0.3 is 14.6 Å². The molecule has 2 aliphatic heterocycles. The number of esters is 2. The Morgan fingerprint density at radius 3 is 2.83 bits per heavy atom. The highest BCUT2D eigenvalue weighted by molar-refractivity contribution is 8.24. The number of amides is 1. The van der Waals surface area contributed by atoms with E-state index in [1.165, 1.54) is 41.3 Å². The lowest BCUT2D eigenvalue weighted by Gasteiger charge is -2.43. The Balaban J connectivity index is 2.21. The maximum atomic E-state index is 12.3. The highest BCUT2D eigenvalue weighted by atomic mass is 32.2. The summed E-state index contributed by atoms with van der Waals surface area (Å²) in [6.07, 6.45) is 1.83. The van der Waals surface area contributed by atoms with E-state index in [9.17, 15) is 19.5 Å². The second-order valence-corrected chi connectivity index (χ2v) is 7.25. The van der Waals surface area contributed by atoms with Gasteiger partial charge in [-0.15, -0.1) is 0 Å². The standard InChI is InChI=1S/C15H17NO6S2/c1-4-6-22-14(20)11-15(23-7-5-9(18)21-3)24-13-10(8(2)17)12(19)16(11)13/h4-5,7-8,10,13,17H,1,6H2,2-3H3/b7-5+/t8-,10+,13-/m1/s1. The van der Waals surface area contributed by atoms with E-state index >= 15 is 0 Å². The number of fused-ring (bicyclic) bond motifs is 1. The van der Waals surface area contributed by atoms with Gasteiger partial charge in [-0.2, -0.15) is 0 Å². The molecule has 7 nitrogen and oxygen atoms in total. The monoisotopic (exact) mass is 371 g/mol. The number of aliphatic hydroxyl groups is 1. The van der Waals surface area contributed by atoms with Crippen LogP contribution < -0.4 is 0 Å². The van der Waals surface area contributed by atoms with Crippen LogP contribution in [0.25, 0.3) is 0 Å². The predicted octanol–water partition coefficient (Wildman–Crippen LogP) is 1.22. The first kappa shape index (κ1) is 18.6. The summed E-state index contributed by atoms with van der Waals surface area (Å²) in [5.41, 5.74) is 0.133. The third kappa shape index (κ3) is 3.52. The Kier molecular flexibility index (Phi) is 6.14. The molecule has 1 N–H and O–H groups in total. The molecule has 9 heteroatoms. The van der Waals surface area contributed by atoms with E-state index in [-0.39, 0.29) is 23.6 Å².